The fraction of sp³-hybridized carbons (Fsp3) is 0.562. The van der Waals surface area contributed by atoms with Crippen molar-refractivity contribution in [3.8, 4) is 5.75 Å². The average Bonchev–Trinajstić information content (AvgIpc) is 3.29. The molecular formula is C16H20F3NO3. The number of hydrogen-bond acceptors (Lipinski definition) is 3. The van der Waals surface area contributed by atoms with E-state index in [0.29, 0.717) is 5.56 Å². The number of aliphatic hydroxyl groups is 1. The molecule has 0 radical (unpaired) electrons. The first-order valence-electron chi connectivity index (χ1n) is 7.51. The van der Waals surface area contributed by atoms with Gasteiger partial charge in [0.15, 0.2) is 6.61 Å². The maximum atomic E-state index is 12.2. The molecule has 0 spiro atoms. The molecule has 2 atom stereocenters. The average molecular weight is 331 g/mol. The van der Waals surface area contributed by atoms with Gasteiger partial charge in [0.25, 0.3) is 0 Å². The van der Waals surface area contributed by atoms with E-state index in [2.05, 4.69) is 5.32 Å². The van der Waals surface area contributed by atoms with Crippen LogP contribution in [-0.4, -0.2) is 29.9 Å². The molecule has 1 saturated carbocycles. The van der Waals surface area contributed by atoms with Crippen LogP contribution in [-0.2, 0) is 4.79 Å². The van der Waals surface area contributed by atoms with Gasteiger partial charge in [-0.1, -0.05) is 12.1 Å². The molecule has 128 valence electrons. The third kappa shape index (κ3) is 6.09. The number of alkyl halides is 3. The van der Waals surface area contributed by atoms with Crippen molar-refractivity contribution in [1.29, 1.82) is 0 Å². The molecule has 0 saturated heterocycles. The first-order chi connectivity index (χ1) is 10.7. The minimum absolute atomic E-state index is 0.0409. The summed E-state index contributed by atoms with van der Waals surface area (Å²) in [7, 11) is 0. The molecule has 7 heteroatoms. The smallest absolute Gasteiger partial charge is 0.422 e. The Kier molecular flexibility index (Phi) is 5.51. The standard InChI is InChI=1S/C16H20F3NO3/c1-10(20-15(22)8-14(21)11-5-6-11)12-3-2-4-13(7-12)23-9-16(17,18)19/h2-4,7,10-11,14,21H,5-6,8-9H2,1H3,(H,20,22)/t10-,14?/m0/s1. The molecule has 4 nitrogen and oxygen atoms in total. The second kappa shape index (κ2) is 7.21. The summed E-state index contributed by atoms with van der Waals surface area (Å²) in [6, 6.07) is 5.78. The molecule has 2 rings (SSSR count). The summed E-state index contributed by atoms with van der Waals surface area (Å²) in [6.07, 6.45) is -3.08. The van der Waals surface area contributed by atoms with Crippen LogP contribution in [0.15, 0.2) is 24.3 Å². The molecule has 1 amide bonds. The first kappa shape index (κ1) is 17.6. The van der Waals surface area contributed by atoms with Gasteiger partial charge in [0, 0.05) is 0 Å². The van der Waals surface area contributed by atoms with Crippen LogP contribution in [0.1, 0.15) is 37.8 Å². The Morgan fingerprint density at radius 3 is 2.74 bits per heavy atom. The van der Waals surface area contributed by atoms with Crippen LogP contribution in [0.3, 0.4) is 0 Å². The van der Waals surface area contributed by atoms with Crippen LogP contribution < -0.4 is 10.1 Å². The molecule has 1 aromatic carbocycles. The van der Waals surface area contributed by atoms with Gasteiger partial charge in [0.2, 0.25) is 5.91 Å². The Balaban J connectivity index is 1.88. The third-order valence-electron chi connectivity index (χ3n) is 3.70. The van der Waals surface area contributed by atoms with E-state index in [1.54, 1.807) is 19.1 Å². The summed E-state index contributed by atoms with van der Waals surface area (Å²) in [5.74, 6) is 0.0348. The summed E-state index contributed by atoms with van der Waals surface area (Å²) >= 11 is 0. The Labute approximate surface area is 132 Å². The molecule has 0 aliphatic heterocycles. The molecular weight excluding hydrogens is 311 g/mol. The second-order valence-corrected chi connectivity index (χ2v) is 5.87. The number of rotatable bonds is 7. The largest absolute Gasteiger partial charge is 0.484 e. The van der Waals surface area contributed by atoms with Crippen LogP contribution >= 0.6 is 0 Å². The Morgan fingerprint density at radius 1 is 1.43 bits per heavy atom. The highest BCUT2D eigenvalue weighted by atomic mass is 19.4. The van der Waals surface area contributed by atoms with E-state index in [0.717, 1.165) is 12.8 Å². The van der Waals surface area contributed by atoms with Crippen molar-refractivity contribution in [2.75, 3.05) is 6.61 Å². The predicted octanol–water partition coefficient (Wildman–Crippen LogP) is 2.97. The van der Waals surface area contributed by atoms with Gasteiger partial charge in [-0.25, -0.2) is 0 Å². The van der Waals surface area contributed by atoms with Gasteiger partial charge in [-0.05, 0) is 43.4 Å². The number of carbonyl (C=O) groups is 1. The fourth-order valence-corrected chi connectivity index (χ4v) is 2.26. The molecule has 1 fully saturated rings. The van der Waals surface area contributed by atoms with E-state index in [4.69, 9.17) is 4.74 Å². The Morgan fingerprint density at radius 2 is 2.13 bits per heavy atom. The highest BCUT2D eigenvalue weighted by Crippen LogP contribution is 2.34. The van der Waals surface area contributed by atoms with Gasteiger partial charge in [-0.15, -0.1) is 0 Å². The number of amides is 1. The van der Waals surface area contributed by atoms with Crippen LogP contribution in [0.5, 0.6) is 5.75 Å². The van der Waals surface area contributed by atoms with E-state index in [1.165, 1.54) is 12.1 Å². The highest BCUT2D eigenvalue weighted by molar-refractivity contribution is 5.77. The molecule has 0 bridgehead atoms. The van der Waals surface area contributed by atoms with Crippen molar-refractivity contribution in [3.63, 3.8) is 0 Å². The summed E-state index contributed by atoms with van der Waals surface area (Å²) < 4.78 is 41.2. The molecule has 1 aliphatic rings. The summed E-state index contributed by atoms with van der Waals surface area (Å²) in [4.78, 5) is 11.9. The van der Waals surface area contributed by atoms with Crippen molar-refractivity contribution in [2.45, 2.75) is 44.5 Å². The van der Waals surface area contributed by atoms with Crippen LogP contribution in [0.25, 0.3) is 0 Å². The molecule has 23 heavy (non-hydrogen) atoms. The summed E-state index contributed by atoms with van der Waals surface area (Å²) in [5, 5.41) is 12.5. The van der Waals surface area contributed by atoms with Crippen molar-refractivity contribution < 1.29 is 27.8 Å². The molecule has 0 aromatic heterocycles. The zero-order chi connectivity index (χ0) is 17.0. The Bertz CT molecular complexity index is 544. The van der Waals surface area contributed by atoms with Gasteiger partial charge < -0.3 is 15.2 Å². The van der Waals surface area contributed by atoms with Gasteiger partial charge in [0.05, 0.1) is 18.6 Å². The topological polar surface area (TPSA) is 58.6 Å². The van der Waals surface area contributed by atoms with E-state index in [-0.39, 0.29) is 30.0 Å². The van der Waals surface area contributed by atoms with Crippen molar-refractivity contribution in [2.24, 2.45) is 5.92 Å². The van der Waals surface area contributed by atoms with Crippen LogP contribution in [0, 0.1) is 5.92 Å². The minimum atomic E-state index is -4.39. The molecule has 2 N–H and O–H groups in total. The molecule has 1 aliphatic carbocycles. The predicted molar refractivity (Wildman–Crippen MR) is 77.9 cm³/mol. The first-order valence-corrected chi connectivity index (χ1v) is 7.51. The van der Waals surface area contributed by atoms with Crippen LogP contribution in [0.2, 0.25) is 0 Å². The number of carbonyl (C=O) groups excluding carboxylic acids is 1. The fourth-order valence-electron chi connectivity index (χ4n) is 2.26. The van der Waals surface area contributed by atoms with E-state index in [1.807, 2.05) is 0 Å². The number of benzene rings is 1. The lowest BCUT2D eigenvalue weighted by molar-refractivity contribution is -0.153. The number of aliphatic hydroxyl groups excluding tert-OH is 1. The zero-order valence-electron chi connectivity index (χ0n) is 12.8. The molecule has 0 heterocycles. The third-order valence-corrected chi connectivity index (χ3v) is 3.70. The molecule has 1 unspecified atom stereocenters. The second-order valence-electron chi connectivity index (χ2n) is 5.87. The van der Waals surface area contributed by atoms with E-state index in [9.17, 15) is 23.1 Å². The lowest BCUT2D eigenvalue weighted by Gasteiger charge is -2.17. The van der Waals surface area contributed by atoms with Gasteiger partial charge >= 0.3 is 6.18 Å². The molecule has 1 aromatic rings. The quantitative estimate of drug-likeness (QED) is 0.808. The summed E-state index contributed by atoms with van der Waals surface area (Å²) in [5.41, 5.74) is 0.638. The maximum Gasteiger partial charge on any atom is 0.422 e. The van der Waals surface area contributed by atoms with E-state index < -0.39 is 18.9 Å². The van der Waals surface area contributed by atoms with Gasteiger partial charge in [0.1, 0.15) is 5.75 Å². The monoisotopic (exact) mass is 331 g/mol. The highest BCUT2D eigenvalue weighted by Gasteiger charge is 2.31. The lowest BCUT2D eigenvalue weighted by Crippen LogP contribution is -2.30. The number of halogens is 3. The van der Waals surface area contributed by atoms with Crippen LogP contribution in [0.4, 0.5) is 13.2 Å². The van der Waals surface area contributed by atoms with Crippen molar-refractivity contribution in [1.82, 2.24) is 5.32 Å². The maximum absolute atomic E-state index is 12.2. The number of ether oxygens (including phenoxy) is 1. The minimum Gasteiger partial charge on any atom is -0.484 e. The Hall–Kier alpha value is -1.76. The zero-order valence-corrected chi connectivity index (χ0v) is 12.8. The van der Waals surface area contributed by atoms with Crippen molar-refractivity contribution in [3.05, 3.63) is 29.8 Å². The van der Waals surface area contributed by atoms with Crippen molar-refractivity contribution >= 4 is 5.91 Å². The van der Waals surface area contributed by atoms with Gasteiger partial charge in [-0.3, -0.25) is 4.79 Å². The number of nitrogens with one attached hydrogen (secondary N) is 1. The summed E-state index contributed by atoms with van der Waals surface area (Å²) in [6.45, 7) is 0.370. The SMILES string of the molecule is C[C@H](NC(=O)CC(O)C1CC1)c1cccc(OCC(F)(F)F)c1. The normalized spacial score (nSPS) is 17.4. The van der Waals surface area contributed by atoms with Gasteiger partial charge in [-0.2, -0.15) is 13.2 Å². The number of hydrogen-bond donors (Lipinski definition) is 2. The lowest BCUT2D eigenvalue weighted by atomic mass is 10.1. The van der Waals surface area contributed by atoms with E-state index >= 15 is 0 Å².